The molecule has 2 aliphatic rings. The molecule has 4 aromatic rings. The molecular formula is C30H32N8O2. The Balaban J connectivity index is 1.07. The van der Waals surface area contributed by atoms with E-state index in [1.54, 1.807) is 18.6 Å². The fourth-order valence-corrected chi connectivity index (χ4v) is 5.07. The number of carbonyl (C=O) groups is 1. The second kappa shape index (κ2) is 11.2. The molecule has 0 bridgehead atoms. The van der Waals surface area contributed by atoms with Crippen molar-refractivity contribution < 1.29 is 9.53 Å². The number of morpholine rings is 1. The molecule has 0 saturated carbocycles. The van der Waals surface area contributed by atoms with E-state index in [-0.39, 0.29) is 12.3 Å². The van der Waals surface area contributed by atoms with Crippen LogP contribution in [0, 0.1) is 0 Å². The van der Waals surface area contributed by atoms with E-state index < -0.39 is 0 Å². The van der Waals surface area contributed by atoms with Crippen LogP contribution < -0.4 is 20.4 Å². The number of amides is 1. The molecule has 204 valence electrons. The molecule has 10 heteroatoms. The summed E-state index contributed by atoms with van der Waals surface area (Å²) in [7, 11) is 0. The van der Waals surface area contributed by atoms with Gasteiger partial charge in [-0.2, -0.15) is 0 Å². The number of H-pyrrole nitrogens is 1. The van der Waals surface area contributed by atoms with Gasteiger partial charge in [-0.25, -0.2) is 15.0 Å². The highest BCUT2D eigenvalue weighted by Crippen LogP contribution is 2.29. The Morgan fingerprint density at radius 1 is 1.07 bits per heavy atom. The van der Waals surface area contributed by atoms with Gasteiger partial charge < -0.3 is 30.2 Å². The fraction of sp³-hybridized carbons (Fsp3) is 0.267. The number of ether oxygens (including phenoxy) is 1. The van der Waals surface area contributed by atoms with Crippen LogP contribution in [0.1, 0.15) is 5.56 Å². The zero-order valence-corrected chi connectivity index (χ0v) is 22.3. The summed E-state index contributed by atoms with van der Waals surface area (Å²) in [6, 6.07) is 14.3. The highest BCUT2D eigenvalue weighted by Gasteiger charge is 2.27. The van der Waals surface area contributed by atoms with Gasteiger partial charge in [0.25, 0.3) is 0 Å². The molecule has 5 heterocycles. The first-order valence-electron chi connectivity index (χ1n) is 13.4. The molecule has 1 amide bonds. The highest BCUT2D eigenvalue weighted by molar-refractivity contribution is 5.93. The molecule has 2 fully saturated rings. The topological polar surface area (TPSA) is 111 Å². The number of nitrogens with one attached hydrogen (secondary N) is 3. The molecular weight excluding hydrogens is 504 g/mol. The number of carbonyl (C=O) groups excluding carboxylic acids is 1. The van der Waals surface area contributed by atoms with Gasteiger partial charge >= 0.3 is 0 Å². The quantitative estimate of drug-likeness (QED) is 0.279. The number of allylic oxidation sites excluding steroid dienone is 1. The van der Waals surface area contributed by atoms with E-state index in [1.807, 2.05) is 36.4 Å². The van der Waals surface area contributed by atoms with Crippen molar-refractivity contribution in [2.45, 2.75) is 12.5 Å². The molecule has 10 nitrogen and oxygen atoms in total. The predicted octanol–water partition coefficient (Wildman–Crippen LogP) is 3.52. The van der Waals surface area contributed by atoms with Gasteiger partial charge in [0.15, 0.2) is 0 Å². The number of nitrogens with zero attached hydrogens (tertiary/aromatic N) is 5. The molecule has 0 radical (unpaired) electrons. The van der Waals surface area contributed by atoms with Gasteiger partial charge in [0.2, 0.25) is 5.91 Å². The Kier molecular flexibility index (Phi) is 7.15. The minimum absolute atomic E-state index is 0.112. The van der Waals surface area contributed by atoms with Crippen molar-refractivity contribution in [3.05, 3.63) is 85.5 Å². The molecule has 6 rings (SSSR count). The number of anilines is 3. The van der Waals surface area contributed by atoms with Gasteiger partial charge in [0.1, 0.15) is 23.6 Å². The summed E-state index contributed by atoms with van der Waals surface area (Å²) in [4.78, 5) is 33.9. The third-order valence-corrected chi connectivity index (χ3v) is 7.24. The molecule has 0 spiro atoms. The van der Waals surface area contributed by atoms with E-state index in [0.717, 1.165) is 71.2 Å². The van der Waals surface area contributed by atoms with Crippen LogP contribution >= 0.6 is 0 Å². The number of fused-ring (bicyclic) bond motifs is 1. The van der Waals surface area contributed by atoms with E-state index >= 15 is 0 Å². The van der Waals surface area contributed by atoms with Crippen LogP contribution in [-0.2, 0) is 16.0 Å². The van der Waals surface area contributed by atoms with Crippen molar-refractivity contribution in [1.29, 1.82) is 0 Å². The Labute approximate surface area is 232 Å². The van der Waals surface area contributed by atoms with Crippen LogP contribution in [0.15, 0.2) is 79.9 Å². The maximum absolute atomic E-state index is 12.8. The second-order valence-corrected chi connectivity index (χ2v) is 10.0. The van der Waals surface area contributed by atoms with Crippen molar-refractivity contribution in [2.24, 2.45) is 0 Å². The van der Waals surface area contributed by atoms with Gasteiger partial charge in [0, 0.05) is 55.5 Å². The lowest BCUT2D eigenvalue weighted by Crippen LogP contribution is -2.57. The Morgan fingerprint density at radius 3 is 2.65 bits per heavy atom. The largest absolute Gasteiger partial charge is 0.379 e. The smallest absolute Gasteiger partial charge is 0.229 e. The van der Waals surface area contributed by atoms with Crippen molar-refractivity contribution in [1.82, 2.24) is 25.3 Å². The summed E-state index contributed by atoms with van der Waals surface area (Å²) in [5.74, 6) is 1.35. The van der Waals surface area contributed by atoms with Crippen LogP contribution in [0.2, 0.25) is 0 Å². The Hall–Kier alpha value is -4.70. The number of aromatic nitrogens is 4. The SMILES string of the molecule is C=CC(=C)NC1CN(c2ccnc(NC(=O)Cc3ccc(-c4cc5c(N6CCOCC6)ncnc5[nH]4)cc3)c2)C1. The summed E-state index contributed by atoms with van der Waals surface area (Å²) >= 11 is 0. The lowest BCUT2D eigenvalue weighted by atomic mass is 10.1. The van der Waals surface area contributed by atoms with Crippen LogP contribution in [-0.4, -0.2) is 71.3 Å². The van der Waals surface area contributed by atoms with Gasteiger partial charge in [-0.1, -0.05) is 37.4 Å². The zero-order chi connectivity index (χ0) is 27.5. The minimum atomic E-state index is -0.112. The molecule has 1 aromatic carbocycles. The van der Waals surface area contributed by atoms with Crippen molar-refractivity contribution >= 4 is 34.3 Å². The number of aromatic amines is 1. The predicted molar refractivity (Wildman–Crippen MR) is 157 cm³/mol. The average molecular weight is 537 g/mol. The summed E-state index contributed by atoms with van der Waals surface area (Å²) in [6.45, 7) is 12.4. The minimum Gasteiger partial charge on any atom is -0.379 e. The monoisotopic (exact) mass is 536 g/mol. The summed E-state index contributed by atoms with van der Waals surface area (Å²) in [5.41, 5.74) is 5.55. The van der Waals surface area contributed by atoms with Crippen molar-refractivity contribution in [3.8, 4) is 11.3 Å². The van der Waals surface area contributed by atoms with Crippen LogP contribution in [0.4, 0.5) is 17.3 Å². The summed E-state index contributed by atoms with van der Waals surface area (Å²) in [5, 5.41) is 7.25. The number of hydrogen-bond acceptors (Lipinski definition) is 8. The third kappa shape index (κ3) is 5.52. The highest BCUT2D eigenvalue weighted by atomic mass is 16.5. The first kappa shape index (κ1) is 25.6. The normalized spacial score (nSPS) is 15.5. The Bertz CT molecular complexity index is 1540. The van der Waals surface area contributed by atoms with E-state index in [0.29, 0.717) is 25.1 Å². The first-order valence-corrected chi connectivity index (χ1v) is 13.4. The van der Waals surface area contributed by atoms with Crippen molar-refractivity contribution in [3.63, 3.8) is 0 Å². The fourth-order valence-electron chi connectivity index (χ4n) is 5.07. The van der Waals surface area contributed by atoms with Crippen LogP contribution in [0.25, 0.3) is 22.3 Å². The van der Waals surface area contributed by atoms with Crippen molar-refractivity contribution in [2.75, 3.05) is 54.5 Å². The van der Waals surface area contributed by atoms with Gasteiger partial charge in [0.05, 0.1) is 31.1 Å². The van der Waals surface area contributed by atoms with Crippen LogP contribution in [0.5, 0.6) is 0 Å². The average Bonchev–Trinajstić information content (AvgIpc) is 3.40. The lowest BCUT2D eigenvalue weighted by molar-refractivity contribution is -0.115. The molecule has 40 heavy (non-hydrogen) atoms. The van der Waals surface area contributed by atoms with Gasteiger partial charge in [-0.15, -0.1) is 0 Å². The maximum Gasteiger partial charge on any atom is 0.229 e. The van der Waals surface area contributed by atoms with E-state index in [2.05, 4.69) is 59.6 Å². The standard InChI is InChI=1S/C30H32N8O2/c1-3-20(2)34-23-17-38(18-23)24-8-9-31-27(15-24)36-28(39)14-21-4-6-22(7-5-21)26-16-25-29(35-26)32-19-33-30(25)37-10-12-40-13-11-37/h3-9,15-16,19,23,34H,1-2,10-14,17-18H2,(H,31,36,39)(H,32,33,35). The van der Waals surface area contributed by atoms with Gasteiger partial charge in [-0.05, 0) is 29.3 Å². The molecule has 0 unspecified atom stereocenters. The maximum atomic E-state index is 12.8. The second-order valence-electron chi connectivity index (χ2n) is 10.0. The third-order valence-electron chi connectivity index (χ3n) is 7.24. The van der Waals surface area contributed by atoms with E-state index in [4.69, 9.17) is 4.74 Å². The van der Waals surface area contributed by atoms with E-state index in [1.165, 1.54) is 0 Å². The molecule has 0 atom stereocenters. The number of benzene rings is 1. The molecule has 2 aliphatic heterocycles. The van der Waals surface area contributed by atoms with E-state index in [9.17, 15) is 4.79 Å². The lowest BCUT2D eigenvalue weighted by Gasteiger charge is -2.42. The Morgan fingerprint density at radius 2 is 1.88 bits per heavy atom. The molecule has 3 N–H and O–H groups in total. The van der Waals surface area contributed by atoms with Crippen LogP contribution in [0.3, 0.4) is 0 Å². The molecule has 3 aromatic heterocycles. The molecule has 2 saturated heterocycles. The number of rotatable bonds is 9. The number of hydrogen-bond donors (Lipinski definition) is 3. The molecule has 0 aliphatic carbocycles. The summed E-state index contributed by atoms with van der Waals surface area (Å²) < 4.78 is 5.48. The van der Waals surface area contributed by atoms with Gasteiger partial charge in [-0.3, -0.25) is 4.79 Å². The zero-order valence-electron chi connectivity index (χ0n) is 22.3. The first-order chi connectivity index (χ1) is 19.6. The summed E-state index contributed by atoms with van der Waals surface area (Å²) in [6.07, 6.45) is 5.29. The number of pyridine rings is 1.